The summed E-state index contributed by atoms with van der Waals surface area (Å²) in [5.41, 5.74) is 4.52. The lowest BCUT2D eigenvalue weighted by atomic mass is 9.90. The predicted molar refractivity (Wildman–Crippen MR) is 392 cm³/mol. The number of aliphatic carboxylic acids is 4. The van der Waals surface area contributed by atoms with Crippen molar-refractivity contribution < 1.29 is 74.4 Å². The largest absolute Gasteiger partial charge is 0.508 e. The highest BCUT2D eigenvalue weighted by molar-refractivity contribution is 5.89. The molecule has 4 aliphatic heterocycles. The van der Waals surface area contributed by atoms with Crippen LogP contribution in [0.5, 0.6) is 23.0 Å². The third-order valence-corrected chi connectivity index (χ3v) is 21.9. The molecular weight excluding hydrogens is 1380 g/mol. The lowest BCUT2D eigenvalue weighted by molar-refractivity contribution is -0.145. The van der Waals surface area contributed by atoms with Gasteiger partial charge in [-0.3, -0.25) is 53.2 Å². The number of aromatic hydroxyl groups is 4. The lowest BCUT2D eigenvalue weighted by Crippen LogP contribution is -2.52. The summed E-state index contributed by atoms with van der Waals surface area (Å²) >= 11 is 0. The minimum Gasteiger partial charge on any atom is -0.508 e. The fraction of sp³-hybridized carbons (Fsp3) is 0.480. The molecule has 3 atom stereocenters. The fourth-order valence-corrected chi connectivity index (χ4v) is 15.8. The number of carbonyl (C=O) groups is 7. The van der Waals surface area contributed by atoms with Crippen LogP contribution in [0.2, 0.25) is 0 Å². The highest BCUT2D eigenvalue weighted by atomic mass is 16.4. The van der Waals surface area contributed by atoms with Crippen LogP contribution in [0.4, 0.5) is 0 Å². The molecule has 32 heteroatoms. The molecule has 4 aromatic carbocycles. The molecule has 8 aromatic rings. The minimum absolute atomic E-state index is 0.00230. The van der Waals surface area contributed by atoms with Gasteiger partial charge in [0.1, 0.15) is 29.0 Å². The van der Waals surface area contributed by atoms with Crippen LogP contribution >= 0.6 is 0 Å². The monoisotopic (exact) mass is 1480 g/mol. The first-order valence-electron chi connectivity index (χ1n) is 36.6. The molecule has 2 unspecified atom stereocenters. The van der Waals surface area contributed by atoms with E-state index in [1.165, 1.54) is 21.3 Å². The number of hydrogen-bond acceptors (Lipinski definition) is 19. The second-order valence-corrected chi connectivity index (χ2v) is 29.2. The van der Waals surface area contributed by atoms with Crippen molar-refractivity contribution in [2.45, 2.75) is 122 Å². The summed E-state index contributed by atoms with van der Waals surface area (Å²) in [5.74, 6) is -6.00. The topological polar surface area (TPSA) is 424 Å². The van der Waals surface area contributed by atoms with Gasteiger partial charge in [-0.15, -0.1) is 0 Å². The number of likely N-dealkylation sites (tertiary alicyclic amines) is 2. The first kappa shape index (κ1) is 75.8. The van der Waals surface area contributed by atoms with Gasteiger partial charge in [0, 0.05) is 175 Å². The van der Waals surface area contributed by atoms with Crippen LogP contribution in [-0.2, 0) is 46.7 Å². The zero-order chi connectivity index (χ0) is 76.1. The molecule has 3 saturated heterocycles. The molecule has 0 spiro atoms. The van der Waals surface area contributed by atoms with Crippen molar-refractivity contribution in [2.75, 3.05) is 98.2 Å². The Balaban J connectivity index is 0.705. The second kappa shape index (κ2) is 32.9. The van der Waals surface area contributed by atoms with E-state index >= 15 is 0 Å². The van der Waals surface area contributed by atoms with Crippen molar-refractivity contribution in [2.24, 2.45) is 11.8 Å². The van der Waals surface area contributed by atoms with E-state index in [9.17, 15) is 84.0 Å². The van der Waals surface area contributed by atoms with Crippen LogP contribution in [0.1, 0.15) is 114 Å². The number of amides is 3. The zero-order valence-corrected chi connectivity index (χ0v) is 60.2. The summed E-state index contributed by atoms with van der Waals surface area (Å²) in [7, 11) is 0. The van der Waals surface area contributed by atoms with Gasteiger partial charge in [0.05, 0.1) is 42.1 Å². The third kappa shape index (κ3) is 17.5. The molecule has 4 bridgehead atoms. The van der Waals surface area contributed by atoms with E-state index in [-0.39, 0.29) is 166 Å². The Morgan fingerprint density at radius 1 is 0.551 bits per heavy atom. The van der Waals surface area contributed by atoms with E-state index in [4.69, 9.17) is 0 Å². The molecular formula is C75H93N15O17. The highest BCUT2D eigenvalue weighted by Crippen LogP contribution is 2.44. The SMILES string of the molecule is CC(C)c1cc(-c2n[nH]c(=O)n2-c2ccc3c(ccn3CCC3CCN(C(=O)CC(CC(=O)N4CCC(CCn5cc6c7cc(ccc75)-n5c(n[nH]c5=O)-c5cc(c(O)cc5O)C6C)CC4)NC(=O)CC[C@H](C(=O)O)N4CCN(CC(=O)O)CCN(CC(=O)O)CCN(CC(=O)O)CC4)CC3)c2)c(O)cc1O. The summed E-state index contributed by atoms with van der Waals surface area (Å²) in [4.78, 5) is 129. The zero-order valence-electron chi connectivity index (χ0n) is 60.2. The molecule has 3 fully saturated rings. The number of piperidine rings is 2. The van der Waals surface area contributed by atoms with Gasteiger partial charge >= 0.3 is 35.3 Å². The molecule has 4 aliphatic rings. The molecule has 4 aromatic heterocycles. The number of aromatic nitrogens is 8. The Bertz CT molecular complexity index is 4730. The molecule has 0 aliphatic carbocycles. The summed E-state index contributed by atoms with van der Waals surface area (Å²) < 4.78 is 7.07. The average molecular weight is 1480 g/mol. The first-order chi connectivity index (χ1) is 51.2. The summed E-state index contributed by atoms with van der Waals surface area (Å²) in [6, 6.07) is 16.8. The van der Waals surface area contributed by atoms with Crippen LogP contribution in [0.3, 0.4) is 0 Å². The van der Waals surface area contributed by atoms with Crippen molar-refractivity contribution in [1.82, 2.24) is 73.4 Å². The molecule has 0 radical (unpaired) electrons. The van der Waals surface area contributed by atoms with Crippen molar-refractivity contribution in [3.63, 3.8) is 0 Å². The Labute approximate surface area is 614 Å². The predicted octanol–water partition coefficient (Wildman–Crippen LogP) is 5.02. The summed E-state index contributed by atoms with van der Waals surface area (Å²) in [6.45, 7) is 8.16. The van der Waals surface area contributed by atoms with Gasteiger partial charge in [0.15, 0.2) is 11.6 Å². The number of aromatic amines is 2. The summed E-state index contributed by atoms with van der Waals surface area (Å²) in [6.07, 6.45) is 7.31. The number of H-pyrrole nitrogens is 2. The number of benzene rings is 4. The van der Waals surface area contributed by atoms with Gasteiger partial charge in [-0.1, -0.05) is 20.8 Å². The Morgan fingerprint density at radius 2 is 1.04 bits per heavy atom. The number of carbonyl (C=O) groups excluding carboxylic acids is 3. The molecule has 32 nitrogen and oxygen atoms in total. The molecule has 8 heterocycles. The molecule has 0 saturated carbocycles. The molecule has 3 amide bonds. The van der Waals surface area contributed by atoms with E-state index in [0.717, 1.165) is 40.2 Å². The number of nitrogens with one attached hydrogen (secondary N) is 3. The van der Waals surface area contributed by atoms with Crippen LogP contribution in [0.15, 0.2) is 88.7 Å². The van der Waals surface area contributed by atoms with Gasteiger partial charge < -0.3 is 65.1 Å². The minimum atomic E-state index is -1.31. The van der Waals surface area contributed by atoms with Crippen LogP contribution < -0.4 is 16.7 Å². The average Bonchev–Trinajstić information content (AvgIpc) is 1.64. The van der Waals surface area contributed by atoms with Gasteiger partial charge in [0.2, 0.25) is 17.7 Å². The summed E-state index contributed by atoms with van der Waals surface area (Å²) in [5, 5.41) is 102. The van der Waals surface area contributed by atoms with Crippen LogP contribution in [-0.4, -0.2) is 261 Å². The smallest absolute Gasteiger partial charge is 0.348 e. The number of phenolic OH excluding ortho intramolecular Hbond substituents is 4. The Hall–Kier alpha value is -10.8. The van der Waals surface area contributed by atoms with E-state index in [1.807, 2.05) is 69.4 Å². The van der Waals surface area contributed by atoms with Crippen molar-refractivity contribution in [3.8, 4) is 57.1 Å². The number of carboxylic acid groups (broad SMARTS) is 4. The number of hydrogen-bond donors (Lipinski definition) is 11. The van der Waals surface area contributed by atoms with Crippen molar-refractivity contribution in [3.05, 3.63) is 117 Å². The van der Waals surface area contributed by atoms with Crippen LogP contribution in [0, 0.1) is 11.8 Å². The molecule has 107 heavy (non-hydrogen) atoms. The van der Waals surface area contributed by atoms with E-state index in [0.29, 0.717) is 87.5 Å². The van der Waals surface area contributed by atoms with E-state index in [1.54, 1.807) is 41.5 Å². The number of phenols is 4. The highest BCUT2D eigenvalue weighted by Gasteiger charge is 2.34. The van der Waals surface area contributed by atoms with Crippen molar-refractivity contribution in [1.29, 1.82) is 0 Å². The quantitative estimate of drug-likeness (QED) is 0.0358. The van der Waals surface area contributed by atoms with Crippen molar-refractivity contribution >= 4 is 63.4 Å². The molecule has 570 valence electrons. The standard InChI is InChI=1S/C75H93N15O17/c1-44(2)52-36-55(63(93)38-61(52)91)71-77-79-74(106)89(71)50-4-6-58-48(32-50)16-23-84(58)17-10-46-11-18-86(19-12-46)66(96)33-49(76-65(95)9-8-60(73(104)105)85-30-28-82(42-69(100)101)26-24-81(41-68(98)99)25-27-83(29-31-85)43-70(102)103)34-67(97)87-20-13-47(14-21-87)15-22-88-40-57-45(3)53-37-56(64(94)39-62(53)92)72-78-80-75(107)90(72)51-5-7-59(88)54(57)35-51/h4-7,16,23,32,35-40,44-47,49,60,91-94H,8-15,17-22,24-31,33-34,41-43H2,1-3H3,(H,76,95)(H,79,106)(H,80,107)(H,98,99)(H,100,101)(H,102,103)(H,104,105)/t45?,49?,60-/m1/s1. The molecule has 11 N–H and O–H groups in total. The third-order valence-electron chi connectivity index (χ3n) is 21.9. The maximum atomic E-state index is 14.6. The van der Waals surface area contributed by atoms with Gasteiger partial charge in [0.25, 0.3) is 0 Å². The van der Waals surface area contributed by atoms with E-state index < -0.39 is 66.3 Å². The van der Waals surface area contributed by atoms with Gasteiger partial charge in [-0.25, -0.2) is 28.9 Å². The fourth-order valence-electron chi connectivity index (χ4n) is 15.8. The number of fused-ring (bicyclic) bond motifs is 7. The van der Waals surface area contributed by atoms with Gasteiger partial charge in [-0.2, -0.15) is 10.2 Å². The first-order valence-corrected chi connectivity index (χ1v) is 36.6. The van der Waals surface area contributed by atoms with Gasteiger partial charge in [-0.05, 0) is 128 Å². The Morgan fingerprint density at radius 3 is 1.55 bits per heavy atom. The maximum Gasteiger partial charge on any atom is 0.348 e. The van der Waals surface area contributed by atoms with E-state index in [2.05, 4.69) is 41.0 Å². The number of nitrogens with zero attached hydrogens (tertiary/aromatic N) is 12. The Kier molecular flexibility index (Phi) is 23.3. The number of aryl methyl sites for hydroxylation is 2. The molecule has 12 rings (SSSR count). The maximum absolute atomic E-state index is 14.6. The lowest BCUT2D eigenvalue weighted by Gasteiger charge is -2.35. The normalized spacial score (nSPS) is 17.6. The number of carboxylic acids is 4. The number of rotatable bonds is 25. The second-order valence-electron chi connectivity index (χ2n) is 29.2. The van der Waals surface area contributed by atoms with Crippen LogP contribution in [0.25, 0.3) is 56.0 Å².